The van der Waals surface area contributed by atoms with Gasteiger partial charge in [0.2, 0.25) is 0 Å². The van der Waals surface area contributed by atoms with E-state index in [2.05, 4.69) is 38.2 Å². The third-order valence-electron chi connectivity index (χ3n) is 8.25. The molecule has 0 aliphatic rings. The topological polar surface area (TPSA) is 94.1 Å². The molecule has 0 aromatic heterocycles. The lowest BCUT2D eigenvalue weighted by Crippen LogP contribution is -2.37. The molecule has 0 saturated heterocycles. The van der Waals surface area contributed by atoms with Crippen LogP contribution in [0, 0.1) is 0 Å². The molecule has 0 amide bonds. The van der Waals surface area contributed by atoms with Crippen molar-refractivity contribution in [3.63, 3.8) is 0 Å². The van der Waals surface area contributed by atoms with Crippen LogP contribution >= 0.6 is 7.82 Å². The Kier molecular flexibility index (Phi) is 32.7. The molecule has 0 fully saturated rings. The smallest absolute Gasteiger partial charge is 0.305 e. The minimum absolute atomic E-state index is 0.0236. The molecule has 49 heavy (non-hydrogen) atoms. The molecule has 0 radical (unpaired) electrons. The molecule has 0 aliphatic carbocycles. The first-order chi connectivity index (χ1) is 23.6. The Morgan fingerprint density at radius 1 is 0.633 bits per heavy atom. The van der Waals surface area contributed by atoms with Crippen molar-refractivity contribution in [1.29, 1.82) is 0 Å². The minimum atomic E-state index is -4.51. The average Bonchev–Trinajstić information content (AvgIpc) is 3.05. The van der Waals surface area contributed by atoms with Crippen LogP contribution in [0.1, 0.15) is 162 Å². The molecule has 0 aromatic rings. The normalized spacial score (nSPS) is 14.2. The predicted molar refractivity (Wildman–Crippen MR) is 203 cm³/mol. The van der Waals surface area contributed by atoms with Gasteiger partial charge in [0.1, 0.15) is 19.8 Å². The van der Waals surface area contributed by atoms with Crippen LogP contribution in [0.4, 0.5) is 0 Å². The van der Waals surface area contributed by atoms with Crippen molar-refractivity contribution in [3.8, 4) is 0 Å². The Hall–Kier alpha value is -1.44. The van der Waals surface area contributed by atoms with E-state index in [1.165, 1.54) is 83.5 Å². The molecule has 288 valence electrons. The fourth-order valence-electron chi connectivity index (χ4n) is 5.03. The van der Waals surface area contributed by atoms with Crippen molar-refractivity contribution in [3.05, 3.63) is 36.6 Å². The van der Waals surface area contributed by atoms with E-state index in [0.29, 0.717) is 17.4 Å². The number of carbonyl (C=O) groups excluding carboxylic acids is 1. The summed E-state index contributed by atoms with van der Waals surface area (Å²) in [4.78, 5) is 24.7. The summed E-state index contributed by atoms with van der Waals surface area (Å²) in [6.07, 6.45) is 38.2. The number of ether oxygens (including phenoxy) is 2. The maximum absolute atomic E-state index is 12.4. The maximum Gasteiger partial charge on any atom is 0.305 e. The standard InChI is InChI=1S/C40H76NO7P/c1-6-8-10-12-14-16-18-19-20-21-22-24-26-28-30-32-35-45-39(38-48-49(43,44)47-36-34-41(3,4)5)37-46-40(42)33-31-29-27-25-23-17-15-13-11-9-7-2/h13,15,19-20,32,35,39H,6-12,14,16-18,21-31,33-34,36-38H2,1-5H3/b15-13-,20-19-,35-32-. The van der Waals surface area contributed by atoms with Gasteiger partial charge in [0, 0.05) is 6.42 Å². The second-order valence-electron chi connectivity index (χ2n) is 14.3. The molecule has 0 rings (SSSR count). The quantitative estimate of drug-likeness (QED) is 0.0159. The van der Waals surface area contributed by atoms with Crippen LogP contribution < -0.4 is 4.89 Å². The van der Waals surface area contributed by atoms with Gasteiger partial charge in [-0.25, -0.2) is 0 Å². The minimum Gasteiger partial charge on any atom is -0.756 e. The van der Waals surface area contributed by atoms with Gasteiger partial charge in [0.25, 0.3) is 7.82 Å². The maximum atomic E-state index is 12.4. The number of carbonyl (C=O) groups is 1. The van der Waals surface area contributed by atoms with Gasteiger partial charge in [-0.05, 0) is 70.3 Å². The van der Waals surface area contributed by atoms with E-state index in [4.69, 9.17) is 18.5 Å². The molecule has 0 saturated carbocycles. The monoisotopic (exact) mass is 714 g/mol. The molecule has 0 bridgehead atoms. The highest BCUT2D eigenvalue weighted by atomic mass is 31.2. The summed E-state index contributed by atoms with van der Waals surface area (Å²) in [7, 11) is 1.35. The lowest BCUT2D eigenvalue weighted by molar-refractivity contribution is -0.870. The summed E-state index contributed by atoms with van der Waals surface area (Å²) in [5.41, 5.74) is 0. The predicted octanol–water partition coefficient (Wildman–Crippen LogP) is 10.8. The van der Waals surface area contributed by atoms with E-state index in [0.717, 1.165) is 57.8 Å². The van der Waals surface area contributed by atoms with Gasteiger partial charge in [-0.15, -0.1) is 0 Å². The first kappa shape index (κ1) is 47.6. The van der Waals surface area contributed by atoms with Gasteiger partial charge in [-0.3, -0.25) is 9.36 Å². The van der Waals surface area contributed by atoms with E-state index >= 15 is 0 Å². The Bertz CT molecular complexity index is 884. The number of likely N-dealkylation sites (N-methyl/N-ethyl adjacent to an activating group) is 1. The first-order valence-corrected chi connectivity index (χ1v) is 21.2. The van der Waals surface area contributed by atoms with Gasteiger partial charge in [0.15, 0.2) is 6.10 Å². The number of phosphoric acid groups is 1. The second-order valence-corrected chi connectivity index (χ2v) is 15.8. The summed E-state index contributed by atoms with van der Waals surface area (Å²) in [6, 6.07) is 0. The number of hydrogen-bond donors (Lipinski definition) is 0. The zero-order valence-corrected chi connectivity index (χ0v) is 33.3. The molecule has 0 heterocycles. The number of rotatable bonds is 36. The molecular formula is C40H76NO7P. The third kappa shape index (κ3) is 37.6. The largest absolute Gasteiger partial charge is 0.756 e. The lowest BCUT2D eigenvalue weighted by atomic mass is 10.1. The van der Waals surface area contributed by atoms with Crippen molar-refractivity contribution in [2.75, 3.05) is 47.5 Å². The highest BCUT2D eigenvalue weighted by Crippen LogP contribution is 2.38. The SMILES string of the molecule is CCCC/C=C\CCCCCCCC(=O)OCC(COP(=O)([O-])OCC[N+](C)(C)C)O/C=C\CCCCCC/C=C\CCCCCCCC. The van der Waals surface area contributed by atoms with Crippen molar-refractivity contribution in [2.24, 2.45) is 0 Å². The number of esters is 1. The highest BCUT2D eigenvalue weighted by Gasteiger charge is 2.19. The van der Waals surface area contributed by atoms with Crippen molar-refractivity contribution >= 4 is 13.8 Å². The van der Waals surface area contributed by atoms with E-state index < -0.39 is 13.9 Å². The van der Waals surface area contributed by atoms with Gasteiger partial charge < -0.3 is 27.9 Å². The van der Waals surface area contributed by atoms with Crippen LogP contribution in [0.25, 0.3) is 0 Å². The second kappa shape index (κ2) is 33.7. The number of phosphoric ester groups is 1. The van der Waals surface area contributed by atoms with E-state index in [1.807, 2.05) is 27.2 Å². The molecule has 8 nitrogen and oxygen atoms in total. The number of quaternary nitrogens is 1. The Morgan fingerprint density at radius 3 is 1.63 bits per heavy atom. The summed E-state index contributed by atoms with van der Waals surface area (Å²) in [5.74, 6) is -0.307. The third-order valence-corrected chi connectivity index (χ3v) is 9.22. The lowest BCUT2D eigenvalue weighted by Gasteiger charge is -2.28. The highest BCUT2D eigenvalue weighted by molar-refractivity contribution is 7.45. The summed E-state index contributed by atoms with van der Waals surface area (Å²) in [6.45, 7) is 4.63. The van der Waals surface area contributed by atoms with E-state index in [-0.39, 0.29) is 25.8 Å². The van der Waals surface area contributed by atoms with Crippen molar-refractivity contribution < 1.29 is 37.3 Å². The summed E-state index contributed by atoms with van der Waals surface area (Å²) >= 11 is 0. The molecular weight excluding hydrogens is 637 g/mol. The van der Waals surface area contributed by atoms with E-state index in [1.54, 1.807) is 6.26 Å². The molecule has 0 aliphatic heterocycles. The number of unbranched alkanes of at least 4 members (excludes halogenated alkanes) is 18. The zero-order chi connectivity index (χ0) is 36.3. The van der Waals surface area contributed by atoms with Gasteiger partial charge in [-0.1, -0.05) is 115 Å². The molecule has 0 N–H and O–H groups in total. The number of nitrogens with zero attached hydrogens (tertiary/aromatic N) is 1. The fraction of sp³-hybridized carbons (Fsp3) is 0.825. The van der Waals surface area contributed by atoms with E-state index in [9.17, 15) is 14.3 Å². The fourth-order valence-corrected chi connectivity index (χ4v) is 5.76. The van der Waals surface area contributed by atoms with Gasteiger partial charge in [-0.2, -0.15) is 0 Å². The van der Waals surface area contributed by atoms with Crippen LogP contribution in [0.5, 0.6) is 0 Å². The van der Waals surface area contributed by atoms with Crippen LogP contribution in [0.15, 0.2) is 36.6 Å². The Labute approximate surface area is 302 Å². The average molecular weight is 714 g/mol. The molecule has 2 atom stereocenters. The molecule has 9 heteroatoms. The van der Waals surface area contributed by atoms with Crippen LogP contribution in [0.2, 0.25) is 0 Å². The number of hydrogen-bond acceptors (Lipinski definition) is 7. The van der Waals surface area contributed by atoms with Gasteiger partial charge in [0.05, 0.1) is 34.0 Å². The Morgan fingerprint density at radius 2 is 1.10 bits per heavy atom. The number of allylic oxidation sites excluding steroid dienone is 5. The Balaban J connectivity index is 4.37. The van der Waals surface area contributed by atoms with Crippen molar-refractivity contribution in [1.82, 2.24) is 0 Å². The van der Waals surface area contributed by atoms with Crippen LogP contribution in [0.3, 0.4) is 0 Å². The molecule has 0 spiro atoms. The first-order valence-electron chi connectivity index (χ1n) is 19.8. The van der Waals surface area contributed by atoms with Gasteiger partial charge >= 0.3 is 5.97 Å². The molecule has 0 aromatic carbocycles. The molecule has 2 unspecified atom stereocenters. The van der Waals surface area contributed by atoms with Crippen LogP contribution in [-0.2, 0) is 27.9 Å². The summed E-state index contributed by atoms with van der Waals surface area (Å²) < 4.78 is 34.2. The van der Waals surface area contributed by atoms with Crippen molar-refractivity contribution in [2.45, 2.75) is 168 Å². The van der Waals surface area contributed by atoms with Crippen LogP contribution in [-0.4, -0.2) is 64.1 Å². The zero-order valence-electron chi connectivity index (χ0n) is 32.4. The summed E-state index contributed by atoms with van der Waals surface area (Å²) in [5, 5.41) is 0.